The van der Waals surface area contributed by atoms with Gasteiger partial charge in [-0.1, -0.05) is 23.7 Å². The number of anilines is 1. The van der Waals surface area contributed by atoms with Crippen molar-refractivity contribution < 1.29 is 19.1 Å². The van der Waals surface area contributed by atoms with Crippen LogP contribution in [0.15, 0.2) is 67.0 Å². The number of hydrogen-bond acceptors (Lipinski definition) is 5. The van der Waals surface area contributed by atoms with Crippen LogP contribution in [0.5, 0.6) is 0 Å². The summed E-state index contributed by atoms with van der Waals surface area (Å²) in [6.07, 6.45) is 3.36. The van der Waals surface area contributed by atoms with Gasteiger partial charge in [-0.3, -0.25) is 9.59 Å². The van der Waals surface area contributed by atoms with Gasteiger partial charge in [-0.25, -0.2) is 9.31 Å². The molecule has 8 nitrogen and oxygen atoms in total. The molecule has 0 aliphatic heterocycles. The van der Waals surface area contributed by atoms with Gasteiger partial charge in [-0.2, -0.15) is 5.10 Å². The van der Waals surface area contributed by atoms with Crippen LogP contribution in [-0.4, -0.2) is 41.6 Å². The molecule has 2 N–H and O–H groups in total. The Morgan fingerprint density at radius 2 is 1.76 bits per heavy atom. The number of fused-ring (bicyclic) bond motifs is 1. The number of hydrogen-bond donors (Lipinski definition) is 1. The number of carbonyl (C=O) groups is 3. The predicted molar refractivity (Wildman–Crippen MR) is 125 cm³/mol. The van der Waals surface area contributed by atoms with Crippen molar-refractivity contribution in [3.63, 3.8) is 0 Å². The van der Waals surface area contributed by atoms with E-state index in [2.05, 4.69) is 5.10 Å². The third kappa shape index (κ3) is 4.16. The van der Waals surface area contributed by atoms with Crippen LogP contribution in [0.25, 0.3) is 16.6 Å². The first kappa shape index (κ1) is 22.0. The number of esters is 1. The van der Waals surface area contributed by atoms with Crippen LogP contribution in [-0.2, 0) is 4.74 Å². The van der Waals surface area contributed by atoms with Gasteiger partial charge in [0.05, 0.1) is 30.1 Å². The number of benzene rings is 2. The fourth-order valence-electron chi connectivity index (χ4n) is 3.53. The molecule has 0 bridgehead atoms. The van der Waals surface area contributed by atoms with E-state index in [0.29, 0.717) is 27.4 Å². The lowest BCUT2D eigenvalue weighted by Crippen LogP contribution is -2.28. The highest BCUT2D eigenvalue weighted by Crippen LogP contribution is 2.28. The lowest BCUT2D eigenvalue weighted by atomic mass is 10.0. The van der Waals surface area contributed by atoms with Crippen molar-refractivity contribution in [3.05, 3.63) is 88.7 Å². The summed E-state index contributed by atoms with van der Waals surface area (Å²) in [7, 11) is 2.84. The van der Waals surface area contributed by atoms with E-state index in [1.807, 2.05) is 0 Å². The van der Waals surface area contributed by atoms with E-state index >= 15 is 0 Å². The molecule has 0 radical (unpaired) electrons. The van der Waals surface area contributed by atoms with Crippen LogP contribution in [0.1, 0.15) is 31.1 Å². The molecule has 4 rings (SSSR count). The minimum Gasteiger partial charge on any atom is -0.465 e. The second kappa shape index (κ2) is 8.76. The molecular weight excluding hydrogens is 444 g/mol. The first-order chi connectivity index (χ1) is 15.8. The number of nitrogens with zero attached hydrogens (tertiary/aromatic N) is 3. The van der Waals surface area contributed by atoms with E-state index in [1.165, 1.54) is 18.1 Å². The van der Waals surface area contributed by atoms with Crippen LogP contribution in [0.4, 0.5) is 5.69 Å². The number of rotatable bonds is 5. The third-order valence-corrected chi connectivity index (χ3v) is 5.51. The minimum absolute atomic E-state index is 0.182. The van der Waals surface area contributed by atoms with Crippen molar-refractivity contribution in [3.8, 4) is 11.1 Å². The van der Waals surface area contributed by atoms with Crippen LogP contribution in [0.2, 0.25) is 5.02 Å². The van der Waals surface area contributed by atoms with Gasteiger partial charge in [0.15, 0.2) is 0 Å². The second-order valence-corrected chi connectivity index (χ2v) is 7.70. The first-order valence-corrected chi connectivity index (χ1v) is 10.2. The van der Waals surface area contributed by atoms with E-state index in [-0.39, 0.29) is 11.5 Å². The Hall–Kier alpha value is -4.17. The van der Waals surface area contributed by atoms with Crippen LogP contribution < -0.4 is 10.6 Å². The van der Waals surface area contributed by atoms with Gasteiger partial charge in [0.1, 0.15) is 0 Å². The maximum atomic E-state index is 13.3. The van der Waals surface area contributed by atoms with Crippen molar-refractivity contribution in [2.75, 3.05) is 19.1 Å². The minimum atomic E-state index is -0.597. The zero-order valence-electron chi connectivity index (χ0n) is 17.8. The molecule has 2 amide bonds. The highest BCUT2D eigenvalue weighted by molar-refractivity contribution is 6.31. The number of primary amides is 1. The van der Waals surface area contributed by atoms with Gasteiger partial charge in [0.25, 0.3) is 5.91 Å². The summed E-state index contributed by atoms with van der Waals surface area (Å²) in [4.78, 5) is 38.2. The number of ether oxygens (including phenoxy) is 1. The molecule has 2 heterocycles. The SMILES string of the molecule is COC(=O)c1cc(Cl)ccc1N(C)C(=O)c1ccn2ncc(-c3ccc(C(N)=O)cc3)c2c1. The average Bonchev–Trinajstić information content (AvgIpc) is 3.25. The van der Waals surface area contributed by atoms with E-state index in [9.17, 15) is 14.4 Å². The number of carbonyl (C=O) groups excluding carboxylic acids is 3. The summed E-state index contributed by atoms with van der Waals surface area (Å²) in [6, 6.07) is 14.8. The quantitative estimate of drug-likeness (QED) is 0.454. The summed E-state index contributed by atoms with van der Waals surface area (Å²) in [5.41, 5.74) is 8.96. The molecule has 0 spiro atoms. The van der Waals surface area contributed by atoms with Gasteiger partial charge in [-0.15, -0.1) is 0 Å². The van der Waals surface area contributed by atoms with Crippen molar-refractivity contribution >= 4 is 40.6 Å². The third-order valence-electron chi connectivity index (χ3n) is 5.28. The molecular formula is C24H19ClN4O4. The van der Waals surface area contributed by atoms with Crippen molar-refractivity contribution in [1.82, 2.24) is 9.61 Å². The standard InChI is InChI=1S/C24H19ClN4O4/c1-28(20-8-7-17(25)12-18(20)24(32)33-2)23(31)16-9-10-29-21(11-16)19(13-27-29)14-3-5-15(6-4-14)22(26)30/h3-13H,1-2H3,(H2,26,30). The van der Waals surface area contributed by atoms with E-state index in [1.54, 1.807) is 72.5 Å². The van der Waals surface area contributed by atoms with Crippen molar-refractivity contribution in [2.45, 2.75) is 0 Å². The predicted octanol–water partition coefficient (Wildman–Crippen LogP) is 3.82. The number of amides is 2. The molecule has 2 aromatic heterocycles. The molecule has 0 aliphatic rings. The molecule has 4 aromatic rings. The average molecular weight is 463 g/mol. The molecule has 0 saturated heterocycles. The molecule has 33 heavy (non-hydrogen) atoms. The Morgan fingerprint density at radius 3 is 2.42 bits per heavy atom. The summed E-state index contributed by atoms with van der Waals surface area (Å²) >= 11 is 6.03. The summed E-state index contributed by atoms with van der Waals surface area (Å²) in [6.45, 7) is 0. The molecule has 0 saturated carbocycles. The molecule has 0 aliphatic carbocycles. The zero-order valence-corrected chi connectivity index (χ0v) is 18.5. The fraction of sp³-hybridized carbons (Fsp3) is 0.0833. The van der Waals surface area contributed by atoms with Gasteiger partial charge in [0, 0.05) is 35.0 Å². The van der Waals surface area contributed by atoms with Crippen LogP contribution in [0.3, 0.4) is 0 Å². The van der Waals surface area contributed by atoms with E-state index in [4.69, 9.17) is 22.1 Å². The van der Waals surface area contributed by atoms with E-state index in [0.717, 1.165) is 11.1 Å². The lowest BCUT2D eigenvalue weighted by Gasteiger charge is -2.20. The Labute approximate surface area is 194 Å². The lowest BCUT2D eigenvalue weighted by molar-refractivity contribution is 0.0601. The normalized spacial score (nSPS) is 10.8. The molecule has 166 valence electrons. The smallest absolute Gasteiger partial charge is 0.340 e. The second-order valence-electron chi connectivity index (χ2n) is 7.26. The number of methoxy groups -OCH3 is 1. The van der Waals surface area contributed by atoms with E-state index < -0.39 is 11.9 Å². The Bertz CT molecular complexity index is 1400. The maximum Gasteiger partial charge on any atom is 0.340 e. The molecule has 0 unspecified atom stereocenters. The van der Waals surface area contributed by atoms with Crippen molar-refractivity contribution in [1.29, 1.82) is 0 Å². The van der Waals surface area contributed by atoms with Gasteiger partial charge >= 0.3 is 5.97 Å². The Morgan fingerprint density at radius 1 is 1.03 bits per heavy atom. The zero-order chi connectivity index (χ0) is 23.7. The monoisotopic (exact) mass is 462 g/mol. The number of aromatic nitrogens is 2. The van der Waals surface area contributed by atoms with Gasteiger partial charge in [-0.05, 0) is 48.0 Å². The summed E-state index contributed by atoms with van der Waals surface area (Å²) in [5.74, 6) is -1.44. The van der Waals surface area contributed by atoms with Crippen LogP contribution >= 0.6 is 11.6 Å². The fourth-order valence-corrected chi connectivity index (χ4v) is 3.70. The highest BCUT2D eigenvalue weighted by atomic mass is 35.5. The Balaban J connectivity index is 1.72. The molecule has 9 heteroatoms. The van der Waals surface area contributed by atoms with Gasteiger partial charge < -0.3 is 15.4 Å². The first-order valence-electron chi connectivity index (χ1n) is 9.83. The Kier molecular flexibility index (Phi) is 5.85. The number of halogens is 1. The van der Waals surface area contributed by atoms with Crippen molar-refractivity contribution in [2.24, 2.45) is 5.73 Å². The summed E-state index contributed by atoms with van der Waals surface area (Å²) in [5, 5.41) is 4.69. The topological polar surface area (TPSA) is 107 Å². The summed E-state index contributed by atoms with van der Waals surface area (Å²) < 4.78 is 6.48. The highest BCUT2D eigenvalue weighted by Gasteiger charge is 2.22. The van der Waals surface area contributed by atoms with Gasteiger partial charge in [0.2, 0.25) is 5.91 Å². The maximum absolute atomic E-state index is 13.3. The molecule has 0 fully saturated rings. The molecule has 0 atom stereocenters. The largest absolute Gasteiger partial charge is 0.465 e. The number of nitrogens with two attached hydrogens (primary N) is 1. The molecule has 2 aromatic carbocycles. The van der Waals surface area contributed by atoms with Crippen LogP contribution in [0, 0.1) is 0 Å². The number of pyridine rings is 1.